The minimum absolute atomic E-state index is 0.674. The molecule has 0 bridgehead atoms. The van der Waals surface area contributed by atoms with Gasteiger partial charge in [-0.15, -0.1) is 0 Å². The molecule has 3 aliphatic rings. The number of alkyl halides is 1. The monoisotopic (exact) mass is 188 g/mol. The number of fused-ring (bicyclic) bond motifs is 3. The number of hydrogen-bond donors (Lipinski definition) is 0. The highest BCUT2D eigenvalue weighted by Crippen LogP contribution is 2.60. The fourth-order valence-corrected chi connectivity index (χ4v) is 3.35. The lowest BCUT2D eigenvalue weighted by molar-refractivity contribution is 0.361. The zero-order valence-electron chi connectivity index (χ0n) is 5.09. The van der Waals surface area contributed by atoms with Crippen molar-refractivity contribution in [2.45, 2.75) is 29.9 Å². The van der Waals surface area contributed by atoms with Crippen LogP contribution in [0.1, 0.15) is 12.8 Å². The normalized spacial score (nSPS) is 68.3. The van der Waals surface area contributed by atoms with Gasteiger partial charge in [0.05, 0.1) is 12.2 Å². The summed E-state index contributed by atoms with van der Waals surface area (Å²) in [6, 6.07) is 0. The fourth-order valence-electron chi connectivity index (χ4n) is 2.22. The lowest BCUT2D eigenvalue weighted by atomic mass is 10.0. The molecule has 0 radical (unpaired) electrons. The summed E-state index contributed by atoms with van der Waals surface area (Å²) in [5.41, 5.74) is 0. The average molecular weight is 189 g/mol. The summed E-state index contributed by atoms with van der Waals surface area (Å²) < 4.78 is 5.47. The molecule has 0 aromatic carbocycles. The molecule has 0 aromatic rings. The van der Waals surface area contributed by atoms with Crippen molar-refractivity contribution in [1.29, 1.82) is 0 Å². The molecule has 0 spiro atoms. The minimum Gasteiger partial charge on any atom is -0.369 e. The molecule has 2 saturated carbocycles. The second-order valence-electron chi connectivity index (χ2n) is 3.40. The smallest absolute Gasteiger partial charge is 0.0883 e. The lowest BCUT2D eigenvalue weighted by Crippen LogP contribution is -2.04. The van der Waals surface area contributed by atoms with Gasteiger partial charge in [-0.1, -0.05) is 15.9 Å². The maximum Gasteiger partial charge on any atom is 0.0883 e. The maximum atomic E-state index is 5.47. The molecular formula is C7H9BrO. The van der Waals surface area contributed by atoms with Crippen LogP contribution in [-0.2, 0) is 4.74 Å². The van der Waals surface area contributed by atoms with Crippen molar-refractivity contribution in [3.05, 3.63) is 0 Å². The first-order chi connectivity index (χ1) is 4.38. The predicted octanol–water partition coefficient (Wildman–Crippen LogP) is 1.56. The Hall–Kier alpha value is 0.440. The Kier molecular flexibility index (Phi) is 0.784. The van der Waals surface area contributed by atoms with E-state index in [2.05, 4.69) is 15.9 Å². The highest BCUT2D eigenvalue weighted by atomic mass is 79.9. The summed E-state index contributed by atoms with van der Waals surface area (Å²) in [5, 5.41) is 0. The quantitative estimate of drug-likeness (QED) is 0.416. The fraction of sp³-hybridized carbons (Fsp3) is 1.00. The first-order valence-corrected chi connectivity index (χ1v) is 4.59. The minimum atomic E-state index is 0.674. The molecular weight excluding hydrogens is 180 g/mol. The first kappa shape index (κ1) is 5.14. The zero-order valence-corrected chi connectivity index (χ0v) is 6.67. The number of hydrogen-bond acceptors (Lipinski definition) is 1. The topological polar surface area (TPSA) is 12.5 Å². The van der Waals surface area contributed by atoms with Crippen molar-refractivity contribution < 1.29 is 4.74 Å². The molecule has 0 amide bonds. The third-order valence-electron chi connectivity index (χ3n) is 2.92. The summed E-state index contributed by atoms with van der Waals surface area (Å²) >= 11 is 3.66. The average Bonchev–Trinajstić information content (AvgIpc) is 2.64. The summed E-state index contributed by atoms with van der Waals surface area (Å²) in [6.07, 6.45) is 4.08. The van der Waals surface area contributed by atoms with Crippen molar-refractivity contribution >= 4 is 15.9 Å². The van der Waals surface area contributed by atoms with Gasteiger partial charge in [0.1, 0.15) is 0 Å². The Labute approximate surface area is 62.9 Å². The SMILES string of the molecule is Br[C@H]1[C@@H]2CC[C@H]3O[C@@H]3[C@@H]12. The van der Waals surface area contributed by atoms with E-state index in [-0.39, 0.29) is 0 Å². The molecule has 9 heavy (non-hydrogen) atoms. The molecule has 1 nitrogen and oxygen atoms in total. The van der Waals surface area contributed by atoms with Gasteiger partial charge in [-0.05, 0) is 18.8 Å². The van der Waals surface area contributed by atoms with Gasteiger partial charge in [-0.25, -0.2) is 0 Å². The molecule has 2 aliphatic carbocycles. The van der Waals surface area contributed by atoms with Crippen LogP contribution >= 0.6 is 15.9 Å². The van der Waals surface area contributed by atoms with Crippen LogP contribution in [0.15, 0.2) is 0 Å². The standard InChI is InChI=1S/C7H9BrO/c8-6-3-1-2-4-7(9-4)5(3)6/h3-7H,1-2H2/t3-,4-,5-,6+,7+/m1/s1. The summed E-state index contributed by atoms with van der Waals surface area (Å²) in [7, 11) is 0. The van der Waals surface area contributed by atoms with Crippen LogP contribution in [-0.4, -0.2) is 17.0 Å². The first-order valence-electron chi connectivity index (χ1n) is 3.67. The Morgan fingerprint density at radius 1 is 1.33 bits per heavy atom. The second kappa shape index (κ2) is 1.37. The Bertz CT molecular complexity index is 157. The van der Waals surface area contributed by atoms with Gasteiger partial charge in [-0.2, -0.15) is 0 Å². The molecule has 0 aromatic heterocycles. The van der Waals surface area contributed by atoms with Crippen LogP contribution in [0.4, 0.5) is 0 Å². The molecule has 0 unspecified atom stereocenters. The second-order valence-corrected chi connectivity index (χ2v) is 4.46. The highest BCUT2D eigenvalue weighted by Gasteiger charge is 2.64. The summed E-state index contributed by atoms with van der Waals surface area (Å²) in [6.45, 7) is 0. The highest BCUT2D eigenvalue weighted by molar-refractivity contribution is 9.09. The van der Waals surface area contributed by atoms with Crippen molar-refractivity contribution in [2.24, 2.45) is 11.8 Å². The number of rotatable bonds is 0. The summed E-state index contributed by atoms with van der Waals surface area (Å²) in [5.74, 6) is 1.89. The van der Waals surface area contributed by atoms with Crippen LogP contribution in [0.5, 0.6) is 0 Å². The summed E-state index contributed by atoms with van der Waals surface area (Å²) in [4.78, 5) is 0.815. The number of ether oxygens (including phenoxy) is 1. The van der Waals surface area contributed by atoms with Crippen molar-refractivity contribution in [3.63, 3.8) is 0 Å². The Balaban J connectivity index is 1.86. The van der Waals surface area contributed by atoms with E-state index in [1.54, 1.807) is 0 Å². The predicted molar refractivity (Wildman–Crippen MR) is 37.6 cm³/mol. The zero-order chi connectivity index (χ0) is 6.01. The van der Waals surface area contributed by atoms with Gasteiger partial charge >= 0.3 is 0 Å². The van der Waals surface area contributed by atoms with Gasteiger partial charge in [0.25, 0.3) is 0 Å². The van der Waals surface area contributed by atoms with Crippen molar-refractivity contribution in [1.82, 2.24) is 0 Å². The molecule has 1 heterocycles. The van der Waals surface area contributed by atoms with Crippen LogP contribution in [0, 0.1) is 11.8 Å². The van der Waals surface area contributed by atoms with Crippen LogP contribution < -0.4 is 0 Å². The van der Waals surface area contributed by atoms with E-state index < -0.39 is 0 Å². The van der Waals surface area contributed by atoms with E-state index in [9.17, 15) is 0 Å². The van der Waals surface area contributed by atoms with E-state index in [0.29, 0.717) is 12.2 Å². The van der Waals surface area contributed by atoms with E-state index in [4.69, 9.17) is 4.74 Å². The van der Waals surface area contributed by atoms with E-state index in [1.165, 1.54) is 12.8 Å². The number of halogens is 1. The number of epoxide rings is 1. The van der Waals surface area contributed by atoms with Gasteiger partial charge < -0.3 is 4.74 Å². The molecule has 5 atom stereocenters. The van der Waals surface area contributed by atoms with Crippen LogP contribution in [0.25, 0.3) is 0 Å². The van der Waals surface area contributed by atoms with Crippen LogP contribution in [0.2, 0.25) is 0 Å². The lowest BCUT2D eigenvalue weighted by Gasteiger charge is -1.99. The van der Waals surface area contributed by atoms with Crippen LogP contribution in [0.3, 0.4) is 0 Å². The molecule has 0 N–H and O–H groups in total. The van der Waals surface area contributed by atoms with Gasteiger partial charge in [0.15, 0.2) is 0 Å². The maximum absolute atomic E-state index is 5.47. The molecule has 50 valence electrons. The largest absolute Gasteiger partial charge is 0.369 e. The van der Waals surface area contributed by atoms with Gasteiger partial charge in [0, 0.05) is 10.7 Å². The Morgan fingerprint density at radius 2 is 2.22 bits per heavy atom. The van der Waals surface area contributed by atoms with E-state index >= 15 is 0 Å². The molecule has 1 saturated heterocycles. The van der Waals surface area contributed by atoms with Gasteiger partial charge in [0.2, 0.25) is 0 Å². The van der Waals surface area contributed by atoms with Crippen molar-refractivity contribution in [2.75, 3.05) is 0 Å². The molecule has 3 rings (SSSR count). The van der Waals surface area contributed by atoms with E-state index in [0.717, 1.165) is 16.7 Å². The molecule has 2 heteroatoms. The Morgan fingerprint density at radius 3 is 3.00 bits per heavy atom. The van der Waals surface area contributed by atoms with Crippen molar-refractivity contribution in [3.8, 4) is 0 Å². The third kappa shape index (κ3) is 0.541. The molecule has 3 fully saturated rings. The van der Waals surface area contributed by atoms with Gasteiger partial charge in [-0.3, -0.25) is 0 Å². The molecule has 1 aliphatic heterocycles. The van der Waals surface area contributed by atoms with E-state index in [1.807, 2.05) is 0 Å². The third-order valence-corrected chi connectivity index (χ3v) is 4.21.